The Hall–Kier alpha value is -0.560. The summed E-state index contributed by atoms with van der Waals surface area (Å²) in [6.45, 7) is 6.21. The number of terminal acetylenes is 1. The van der Waals surface area contributed by atoms with Gasteiger partial charge in [-0.15, -0.1) is 6.42 Å². The number of ether oxygens (including phenoxy) is 1. The Morgan fingerprint density at radius 1 is 1.50 bits per heavy atom. The average molecular weight is 196 g/mol. The van der Waals surface area contributed by atoms with Gasteiger partial charge >= 0.3 is 0 Å². The lowest BCUT2D eigenvalue weighted by molar-refractivity contribution is 0.0402. The van der Waals surface area contributed by atoms with Crippen LogP contribution in [0.2, 0.25) is 0 Å². The summed E-state index contributed by atoms with van der Waals surface area (Å²) in [6.07, 6.45) is 7.17. The number of nitrogens with two attached hydrogens (primary N) is 1. The van der Waals surface area contributed by atoms with Crippen molar-refractivity contribution < 1.29 is 4.74 Å². The third kappa shape index (κ3) is 3.30. The lowest BCUT2D eigenvalue weighted by Crippen LogP contribution is -2.53. The Balaban J connectivity index is 2.43. The van der Waals surface area contributed by atoms with Crippen LogP contribution in [-0.2, 0) is 4.74 Å². The molecule has 0 radical (unpaired) electrons. The summed E-state index contributed by atoms with van der Waals surface area (Å²) in [5.74, 6) is 2.66. The number of rotatable bonds is 4. The predicted molar refractivity (Wildman–Crippen MR) is 57.9 cm³/mol. The first kappa shape index (κ1) is 11.5. The van der Waals surface area contributed by atoms with Crippen molar-refractivity contribution in [2.75, 3.05) is 32.8 Å². The highest BCUT2D eigenvalue weighted by Crippen LogP contribution is 2.18. The van der Waals surface area contributed by atoms with Crippen LogP contribution < -0.4 is 5.73 Å². The quantitative estimate of drug-likeness (QED) is 0.663. The van der Waals surface area contributed by atoms with Gasteiger partial charge in [-0.2, -0.15) is 0 Å². The molecular weight excluding hydrogens is 176 g/mol. The maximum atomic E-state index is 6.28. The average Bonchev–Trinajstić information content (AvgIpc) is 2.18. The van der Waals surface area contributed by atoms with Crippen molar-refractivity contribution in [3.8, 4) is 12.3 Å². The molecular formula is C11H20N2O. The van der Waals surface area contributed by atoms with Crippen molar-refractivity contribution in [1.82, 2.24) is 4.90 Å². The zero-order chi connectivity index (χ0) is 10.4. The summed E-state index contributed by atoms with van der Waals surface area (Å²) in [7, 11) is 0. The number of hydrogen-bond acceptors (Lipinski definition) is 3. The van der Waals surface area contributed by atoms with Crippen LogP contribution in [0.25, 0.3) is 0 Å². The van der Waals surface area contributed by atoms with Gasteiger partial charge in [-0.1, -0.05) is 12.8 Å². The van der Waals surface area contributed by atoms with Crippen LogP contribution in [-0.4, -0.2) is 43.3 Å². The normalized spacial score (nSPS) is 20.7. The number of nitrogens with zero attached hydrogens (tertiary/aromatic N) is 1. The van der Waals surface area contributed by atoms with E-state index >= 15 is 0 Å². The standard InChI is InChI=1S/C11H20N2O/c1-3-7-13(4-2)10-11(12)5-8-14-9-6-11/h1H,4-10,12H2,2H3. The molecule has 80 valence electrons. The van der Waals surface area contributed by atoms with Gasteiger partial charge in [-0.3, -0.25) is 4.90 Å². The molecule has 3 nitrogen and oxygen atoms in total. The van der Waals surface area contributed by atoms with E-state index in [1.165, 1.54) is 0 Å². The molecule has 0 saturated carbocycles. The molecule has 0 amide bonds. The lowest BCUT2D eigenvalue weighted by atomic mass is 9.91. The molecule has 1 aliphatic rings. The minimum Gasteiger partial charge on any atom is -0.381 e. The van der Waals surface area contributed by atoms with Gasteiger partial charge in [0.25, 0.3) is 0 Å². The Bertz CT molecular complexity index is 204. The minimum absolute atomic E-state index is 0.0922. The molecule has 0 aromatic carbocycles. The van der Waals surface area contributed by atoms with Gasteiger partial charge in [-0.25, -0.2) is 0 Å². The van der Waals surface area contributed by atoms with Crippen LogP contribution in [0.1, 0.15) is 19.8 Å². The fraction of sp³-hybridized carbons (Fsp3) is 0.818. The lowest BCUT2D eigenvalue weighted by Gasteiger charge is -2.37. The van der Waals surface area contributed by atoms with Crippen molar-refractivity contribution in [3.05, 3.63) is 0 Å². The summed E-state index contributed by atoms with van der Waals surface area (Å²) in [5.41, 5.74) is 6.18. The van der Waals surface area contributed by atoms with Gasteiger partial charge in [0.15, 0.2) is 0 Å². The zero-order valence-corrected chi connectivity index (χ0v) is 8.96. The van der Waals surface area contributed by atoms with E-state index in [0.717, 1.165) is 39.1 Å². The first-order chi connectivity index (χ1) is 6.70. The van der Waals surface area contributed by atoms with Gasteiger partial charge in [0, 0.05) is 25.3 Å². The molecule has 1 heterocycles. The van der Waals surface area contributed by atoms with E-state index in [2.05, 4.69) is 17.7 Å². The Labute approximate surface area is 86.6 Å². The third-order valence-corrected chi connectivity index (χ3v) is 2.79. The minimum atomic E-state index is -0.0922. The fourth-order valence-corrected chi connectivity index (χ4v) is 1.79. The molecule has 0 aromatic rings. The van der Waals surface area contributed by atoms with Crippen LogP contribution in [0.3, 0.4) is 0 Å². The molecule has 0 unspecified atom stereocenters. The van der Waals surface area contributed by atoms with Crippen molar-refractivity contribution in [1.29, 1.82) is 0 Å². The van der Waals surface area contributed by atoms with Gasteiger partial charge < -0.3 is 10.5 Å². The third-order valence-electron chi connectivity index (χ3n) is 2.79. The molecule has 1 aliphatic heterocycles. The summed E-state index contributed by atoms with van der Waals surface area (Å²) in [5, 5.41) is 0. The smallest absolute Gasteiger partial charge is 0.0599 e. The van der Waals surface area contributed by atoms with E-state index in [1.54, 1.807) is 0 Å². The van der Waals surface area contributed by atoms with Crippen molar-refractivity contribution >= 4 is 0 Å². The number of likely N-dealkylation sites (N-methyl/N-ethyl adjacent to an activating group) is 1. The van der Waals surface area contributed by atoms with E-state index in [9.17, 15) is 0 Å². The molecule has 0 spiro atoms. The van der Waals surface area contributed by atoms with Gasteiger partial charge in [0.2, 0.25) is 0 Å². The summed E-state index contributed by atoms with van der Waals surface area (Å²) in [6, 6.07) is 0. The molecule has 0 atom stereocenters. The molecule has 0 bridgehead atoms. The second kappa shape index (κ2) is 5.35. The Kier molecular flexibility index (Phi) is 4.40. The highest BCUT2D eigenvalue weighted by Gasteiger charge is 2.29. The van der Waals surface area contributed by atoms with Crippen LogP contribution in [0.5, 0.6) is 0 Å². The van der Waals surface area contributed by atoms with Gasteiger partial charge in [0.1, 0.15) is 0 Å². The van der Waals surface area contributed by atoms with Crippen LogP contribution in [0, 0.1) is 12.3 Å². The van der Waals surface area contributed by atoms with Gasteiger partial charge in [-0.05, 0) is 19.4 Å². The Morgan fingerprint density at radius 3 is 2.64 bits per heavy atom. The van der Waals surface area contributed by atoms with Crippen LogP contribution in [0.4, 0.5) is 0 Å². The zero-order valence-electron chi connectivity index (χ0n) is 8.96. The maximum Gasteiger partial charge on any atom is 0.0599 e. The summed E-state index contributed by atoms with van der Waals surface area (Å²) in [4.78, 5) is 2.21. The van der Waals surface area contributed by atoms with Crippen molar-refractivity contribution in [2.24, 2.45) is 5.73 Å². The molecule has 1 saturated heterocycles. The predicted octanol–water partition coefficient (Wildman–Crippen LogP) is 0.449. The highest BCUT2D eigenvalue weighted by molar-refractivity contribution is 4.94. The summed E-state index contributed by atoms with van der Waals surface area (Å²) < 4.78 is 5.30. The topological polar surface area (TPSA) is 38.5 Å². The molecule has 0 aromatic heterocycles. The van der Waals surface area contributed by atoms with Gasteiger partial charge in [0.05, 0.1) is 6.54 Å². The van der Waals surface area contributed by atoms with E-state index in [0.29, 0.717) is 6.54 Å². The monoisotopic (exact) mass is 196 g/mol. The maximum absolute atomic E-state index is 6.28. The molecule has 1 rings (SSSR count). The van der Waals surface area contributed by atoms with E-state index in [-0.39, 0.29) is 5.54 Å². The van der Waals surface area contributed by atoms with E-state index < -0.39 is 0 Å². The second-order valence-electron chi connectivity index (χ2n) is 3.98. The molecule has 3 heteroatoms. The molecule has 14 heavy (non-hydrogen) atoms. The highest BCUT2D eigenvalue weighted by atomic mass is 16.5. The van der Waals surface area contributed by atoms with E-state index in [1.807, 2.05) is 0 Å². The molecule has 0 aliphatic carbocycles. The van der Waals surface area contributed by atoms with Crippen molar-refractivity contribution in [3.63, 3.8) is 0 Å². The SMILES string of the molecule is C#CCN(CC)CC1(N)CCOCC1. The number of hydrogen-bond donors (Lipinski definition) is 1. The van der Waals surface area contributed by atoms with Crippen LogP contribution in [0.15, 0.2) is 0 Å². The fourth-order valence-electron chi connectivity index (χ4n) is 1.79. The van der Waals surface area contributed by atoms with E-state index in [4.69, 9.17) is 16.9 Å². The summed E-state index contributed by atoms with van der Waals surface area (Å²) >= 11 is 0. The molecule has 1 fully saturated rings. The largest absolute Gasteiger partial charge is 0.381 e. The second-order valence-corrected chi connectivity index (χ2v) is 3.98. The first-order valence-electron chi connectivity index (χ1n) is 5.22. The van der Waals surface area contributed by atoms with Crippen LogP contribution >= 0.6 is 0 Å². The Morgan fingerprint density at radius 2 is 2.14 bits per heavy atom. The molecule has 2 N–H and O–H groups in total. The van der Waals surface area contributed by atoms with Crippen molar-refractivity contribution in [2.45, 2.75) is 25.3 Å². The first-order valence-corrected chi connectivity index (χ1v) is 5.22.